The fourth-order valence-electron chi connectivity index (χ4n) is 3.35. The maximum absolute atomic E-state index is 8.59. The first-order valence-electron chi connectivity index (χ1n) is 9.48. The van der Waals surface area contributed by atoms with Gasteiger partial charge in [0.25, 0.3) is 0 Å². The smallest absolute Gasteiger partial charge is 0.135 e. The Bertz CT molecular complexity index is 446. The minimum absolute atomic E-state index is 0.581. The molecule has 0 aliphatic carbocycles. The normalized spacial score (nSPS) is 23.5. The van der Waals surface area contributed by atoms with E-state index in [2.05, 4.69) is 33.9 Å². The van der Waals surface area contributed by atoms with E-state index in [0.29, 0.717) is 11.7 Å². The molecule has 2 N–H and O–H groups in total. The van der Waals surface area contributed by atoms with E-state index in [9.17, 15) is 0 Å². The van der Waals surface area contributed by atoms with Gasteiger partial charge in [-0.3, -0.25) is 10.8 Å². The Kier molecular flexibility index (Phi) is 5.99. The summed E-state index contributed by atoms with van der Waals surface area (Å²) in [6.45, 7) is 12.0. The van der Waals surface area contributed by atoms with Gasteiger partial charge in [0.2, 0.25) is 0 Å². The summed E-state index contributed by atoms with van der Waals surface area (Å²) < 4.78 is 0. The third-order valence-electron chi connectivity index (χ3n) is 5.73. The summed E-state index contributed by atoms with van der Waals surface area (Å²) in [5.41, 5.74) is -1.18. The number of hydrogen-bond acceptors (Lipinski definition) is 4. The zero-order valence-electron chi connectivity index (χ0n) is 15.9. The van der Waals surface area contributed by atoms with Crippen molar-refractivity contribution in [3.8, 4) is 0 Å². The van der Waals surface area contributed by atoms with Crippen molar-refractivity contribution in [2.75, 3.05) is 26.2 Å². The first-order chi connectivity index (χ1) is 11.4. The highest BCUT2D eigenvalue weighted by Gasteiger charge is 2.37. The van der Waals surface area contributed by atoms with Crippen molar-refractivity contribution in [2.24, 2.45) is 10.2 Å². The SMILES string of the molecule is CCC(C)(N=NC(C)(CC)C(=N)N1CCCC1)C(=N)N1CCCC1. The van der Waals surface area contributed by atoms with Crippen LogP contribution in [0.2, 0.25) is 0 Å². The molecule has 0 spiro atoms. The van der Waals surface area contributed by atoms with Crippen molar-refractivity contribution in [3.05, 3.63) is 0 Å². The van der Waals surface area contributed by atoms with E-state index in [0.717, 1.165) is 64.7 Å². The summed E-state index contributed by atoms with van der Waals surface area (Å²) in [4.78, 5) is 4.27. The summed E-state index contributed by atoms with van der Waals surface area (Å²) in [5.74, 6) is 1.16. The van der Waals surface area contributed by atoms with Gasteiger partial charge in [0.1, 0.15) is 22.7 Å². The van der Waals surface area contributed by atoms with Crippen LogP contribution >= 0.6 is 0 Å². The van der Waals surface area contributed by atoms with E-state index in [1.54, 1.807) is 0 Å². The third kappa shape index (κ3) is 3.78. The van der Waals surface area contributed by atoms with E-state index in [4.69, 9.17) is 10.8 Å². The molecule has 0 radical (unpaired) electrons. The van der Waals surface area contributed by atoms with Gasteiger partial charge in [-0.15, -0.1) is 0 Å². The Balaban J connectivity index is 2.16. The van der Waals surface area contributed by atoms with E-state index >= 15 is 0 Å². The molecule has 0 aromatic heterocycles. The number of nitrogens with one attached hydrogen (secondary N) is 2. The van der Waals surface area contributed by atoms with Gasteiger partial charge in [-0.2, -0.15) is 10.2 Å². The molecule has 2 saturated heterocycles. The van der Waals surface area contributed by atoms with Crippen LogP contribution in [0.3, 0.4) is 0 Å². The van der Waals surface area contributed by atoms with Crippen molar-refractivity contribution < 1.29 is 0 Å². The quantitative estimate of drug-likeness (QED) is 0.438. The van der Waals surface area contributed by atoms with E-state index in [1.165, 1.54) is 0 Å². The summed E-state index contributed by atoms with van der Waals surface area (Å²) >= 11 is 0. The van der Waals surface area contributed by atoms with E-state index in [1.807, 2.05) is 13.8 Å². The molecule has 2 aliphatic rings. The highest BCUT2D eigenvalue weighted by atomic mass is 15.3. The molecule has 2 heterocycles. The lowest BCUT2D eigenvalue weighted by Gasteiger charge is -2.34. The van der Waals surface area contributed by atoms with Crippen molar-refractivity contribution in [1.29, 1.82) is 10.8 Å². The fraction of sp³-hybridized carbons (Fsp3) is 0.889. The lowest BCUT2D eigenvalue weighted by molar-refractivity contribution is 0.400. The number of amidine groups is 2. The van der Waals surface area contributed by atoms with Gasteiger partial charge >= 0.3 is 0 Å². The second kappa shape index (κ2) is 7.62. The first-order valence-corrected chi connectivity index (χ1v) is 9.48. The number of nitrogens with zero attached hydrogens (tertiary/aromatic N) is 4. The largest absolute Gasteiger partial charge is 0.358 e. The van der Waals surface area contributed by atoms with Crippen LogP contribution in [-0.2, 0) is 0 Å². The van der Waals surface area contributed by atoms with Crippen LogP contribution < -0.4 is 0 Å². The maximum Gasteiger partial charge on any atom is 0.135 e. The molecule has 0 saturated carbocycles. The van der Waals surface area contributed by atoms with E-state index < -0.39 is 11.1 Å². The number of likely N-dealkylation sites (tertiary alicyclic amines) is 2. The minimum Gasteiger partial charge on any atom is -0.358 e. The fourth-order valence-corrected chi connectivity index (χ4v) is 3.35. The van der Waals surface area contributed by atoms with Crippen LogP contribution in [0, 0.1) is 10.8 Å². The average Bonchev–Trinajstić information content (AvgIpc) is 3.31. The van der Waals surface area contributed by atoms with Crippen LogP contribution in [0.15, 0.2) is 10.2 Å². The highest BCUT2D eigenvalue weighted by Crippen LogP contribution is 2.27. The molecule has 2 unspecified atom stereocenters. The summed E-state index contributed by atoms with van der Waals surface area (Å²) in [7, 11) is 0. The van der Waals surface area contributed by atoms with Gasteiger partial charge in [0.15, 0.2) is 0 Å². The van der Waals surface area contributed by atoms with Gasteiger partial charge in [0.05, 0.1) is 0 Å². The van der Waals surface area contributed by atoms with Crippen molar-refractivity contribution in [3.63, 3.8) is 0 Å². The molecule has 24 heavy (non-hydrogen) atoms. The van der Waals surface area contributed by atoms with Crippen LogP contribution in [0.1, 0.15) is 66.2 Å². The molecule has 2 rings (SSSR count). The molecule has 0 aromatic carbocycles. The molecule has 136 valence electrons. The summed E-state index contributed by atoms with van der Waals surface area (Å²) in [6, 6.07) is 0. The van der Waals surface area contributed by atoms with Crippen LogP contribution in [0.4, 0.5) is 0 Å². The molecule has 0 bridgehead atoms. The monoisotopic (exact) mass is 334 g/mol. The van der Waals surface area contributed by atoms with Crippen LogP contribution in [-0.4, -0.2) is 58.7 Å². The molecule has 2 fully saturated rings. The van der Waals surface area contributed by atoms with Gasteiger partial charge in [-0.05, 0) is 52.4 Å². The number of rotatable bonds is 6. The topological polar surface area (TPSA) is 78.9 Å². The Morgan fingerprint density at radius 2 is 1.04 bits per heavy atom. The Hall–Kier alpha value is -1.46. The minimum atomic E-state index is -0.591. The second-order valence-corrected chi connectivity index (χ2v) is 7.54. The van der Waals surface area contributed by atoms with Gasteiger partial charge < -0.3 is 9.80 Å². The predicted octanol–water partition coefficient (Wildman–Crippen LogP) is 3.92. The number of azo groups is 1. The third-order valence-corrected chi connectivity index (χ3v) is 5.73. The standard InChI is InChI=1S/C18H34N6/c1-5-17(3,15(19)23-11-7-8-12-23)21-22-18(4,6-2)16(20)24-13-9-10-14-24/h19-20H,5-14H2,1-4H3. The average molecular weight is 335 g/mol. The van der Waals surface area contributed by atoms with Crippen molar-refractivity contribution in [1.82, 2.24) is 9.80 Å². The Morgan fingerprint density at radius 3 is 1.29 bits per heavy atom. The van der Waals surface area contributed by atoms with Gasteiger partial charge in [-0.1, -0.05) is 13.8 Å². The molecule has 2 atom stereocenters. The van der Waals surface area contributed by atoms with Crippen LogP contribution in [0.5, 0.6) is 0 Å². The molecule has 6 nitrogen and oxygen atoms in total. The second-order valence-electron chi connectivity index (χ2n) is 7.54. The van der Waals surface area contributed by atoms with Crippen molar-refractivity contribution >= 4 is 11.7 Å². The predicted molar refractivity (Wildman–Crippen MR) is 99.3 cm³/mol. The van der Waals surface area contributed by atoms with Crippen molar-refractivity contribution in [2.45, 2.75) is 77.3 Å². The zero-order chi connectivity index (χ0) is 17.8. The molecular weight excluding hydrogens is 300 g/mol. The lowest BCUT2D eigenvalue weighted by atomic mass is 9.96. The molecule has 6 heteroatoms. The lowest BCUT2D eigenvalue weighted by Crippen LogP contribution is -2.46. The zero-order valence-corrected chi connectivity index (χ0v) is 15.9. The van der Waals surface area contributed by atoms with Crippen LogP contribution in [0.25, 0.3) is 0 Å². The molecule has 2 aliphatic heterocycles. The van der Waals surface area contributed by atoms with E-state index in [-0.39, 0.29) is 0 Å². The summed E-state index contributed by atoms with van der Waals surface area (Å²) in [5, 5.41) is 26.5. The number of hydrogen-bond donors (Lipinski definition) is 2. The van der Waals surface area contributed by atoms with Gasteiger partial charge in [0, 0.05) is 26.2 Å². The molecule has 0 amide bonds. The summed E-state index contributed by atoms with van der Waals surface area (Å²) in [6.07, 6.45) is 6.14. The maximum atomic E-state index is 8.59. The highest BCUT2D eigenvalue weighted by molar-refractivity contribution is 5.90. The first kappa shape index (κ1) is 18.9. The Labute approximate surface area is 146 Å². The molecule has 0 aromatic rings. The van der Waals surface area contributed by atoms with Gasteiger partial charge in [-0.25, -0.2) is 0 Å². The Morgan fingerprint density at radius 1 is 0.750 bits per heavy atom. The molecular formula is C18H34N6.